The van der Waals surface area contributed by atoms with Gasteiger partial charge in [0.1, 0.15) is 24.6 Å². The van der Waals surface area contributed by atoms with Gasteiger partial charge in [0.2, 0.25) is 0 Å². The average Bonchev–Trinajstić information content (AvgIpc) is 2.99. The lowest BCUT2D eigenvalue weighted by atomic mass is 10.1. The molecule has 1 heterocycles. The number of benzene rings is 1. The summed E-state index contributed by atoms with van der Waals surface area (Å²) in [7, 11) is 0. The fraction of sp³-hybridized carbons (Fsp3) is 0.214. The van der Waals surface area contributed by atoms with Crippen LogP contribution >= 0.6 is 0 Å². The van der Waals surface area contributed by atoms with E-state index in [1.54, 1.807) is 0 Å². The minimum Gasteiger partial charge on any atom is -0.384 e. The molecule has 7 heteroatoms. The topological polar surface area (TPSA) is 90.9 Å². The quantitative estimate of drug-likeness (QED) is 0.704. The van der Waals surface area contributed by atoms with Crippen LogP contribution in [-0.4, -0.2) is 39.3 Å². The monoisotopic (exact) mass is 288 g/mol. The normalized spacial score (nSPS) is 9.81. The highest BCUT2D eigenvalue weighted by Crippen LogP contribution is 2.10. The van der Waals surface area contributed by atoms with Crippen molar-refractivity contribution < 1.29 is 14.3 Å². The molecule has 0 bridgehead atoms. The van der Waals surface area contributed by atoms with Crippen molar-refractivity contribution >= 4 is 5.91 Å². The molecule has 108 valence electrons. The fourth-order valence-corrected chi connectivity index (χ4v) is 1.66. The highest BCUT2D eigenvalue weighted by Gasteiger charge is 2.11. The zero-order chi connectivity index (χ0) is 15.1. The third-order valence-corrected chi connectivity index (χ3v) is 2.64. The molecule has 21 heavy (non-hydrogen) atoms. The van der Waals surface area contributed by atoms with E-state index in [-0.39, 0.29) is 12.2 Å². The summed E-state index contributed by atoms with van der Waals surface area (Å²) in [5, 5.41) is 17.6. The molecule has 0 saturated heterocycles. The predicted octanol–water partition coefficient (Wildman–Crippen LogP) is 0.260. The van der Waals surface area contributed by atoms with Gasteiger partial charge in [-0.05, 0) is 18.2 Å². The smallest absolute Gasteiger partial charge is 0.254 e. The van der Waals surface area contributed by atoms with Crippen molar-refractivity contribution in [3.8, 4) is 11.8 Å². The lowest BCUT2D eigenvalue weighted by Crippen LogP contribution is -2.26. The van der Waals surface area contributed by atoms with E-state index in [0.717, 1.165) is 0 Å². The Kier molecular flexibility index (Phi) is 5.01. The third-order valence-electron chi connectivity index (χ3n) is 2.64. The van der Waals surface area contributed by atoms with E-state index in [9.17, 15) is 9.18 Å². The van der Waals surface area contributed by atoms with Gasteiger partial charge >= 0.3 is 0 Å². The van der Waals surface area contributed by atoms with E-state index < -0.39 is 11.7 Å². The first-order valence-corrected chi connectivity index (χ1v) is 6.22. The second-order valence-electron chi connectivity index (χ2n) is 4.09. The maximum Gasteiger partial charge on any atom is 0.254 e. The zero-order valence-electron chi connectivity index (χ0n) is 11.1. The zero-order valence-corrected chi connectivity index (χ0v) is 11.1. The number of halogens is 1. The second kappa shape index (κ2) is 7.17. The lowest BCUT2D eigenvalue weighted by Gasteiger charge is -2.05. The average molecular weight is 288 g/mol. The molecule has 2 aromatic rings. The summed E-state index contributed by atoms with van der Waals surface area (Å²) in [5.41, 5.74) is 0.378. The van der Waals surface area contributed by atoms with Crippen LogP contribution in [0.5, 0.6) is 0 Å². The number of aromatic amines is 1. The largest absolute Gasteiger partial charge is 0.384 e. The van der Waals surface area contributed by atoms with Crippen LogP contribution < -0.4 is 5.32 Å². The summed E-state index contributed by atoms with van der Waals surface area (Å²) in [6.07, 6.45) is 1.84. The van der Waals surface area contributed by atoms with Gasteiger partial charge in [-0.2, -0.15) is 5.10 Å². The molecule has 1 aromatic carbocycles. The van der Waals surface area contributed by atoms with Gasteiger partial charge in [0, 0.05) is 18.5 Å². The molecule has 0 aliphatic carbocycles. The van der Waals surface area contributed by atoms with E-state index in [0.29, 0.717) is 24.4 Å². The maximum absolute atomic E-state index is 13.7. The van der Waals surface area contributed by atoms with Crippen LogP contribution in [0, 0.1) is 17.7 Å². The van der Waals surface area contributed by atoms with Gasteiger partial charge < -0.3 is 10.4 Å². The molecule has 2 rings (SSSR count). The van der Waals surface area contributed by atoms with Crippen LogP contribution in [0.3, 0.4) is 0 Å². The van der Waals surface area contributed by atoms with Crippen molar-refractivity contribution in [1.82, 2.24) is 20.5 Å². The standard InChI is InChI=1S/C14H13FN4O2/c15-12-4-3-10(2-1-7-20)8-11(12)14(21)16-6-5-13-17-9-18-19-13/h3-4,8-9,20H,5-7H2,(H,16,21)(H,17,18,19). The molecule has 3 N–H and O–H groups in total. The van der Waals surface area contributed by atoms with Crippen LogP contribution in [-0.2, 0) is 6.42 Å². The van der Waals surface area contributed by atoms with Crippen molar-refractivity contribution in [3.63, 3.8) is 0 Å². The minimum absolute atomic E-state index is 0.0858. The van der Waals surface area contributed by atoms with Crippen molar-refractivity contribution in [2.45, 2.75) is 6.42 Å². The number of aromatic nitrogens is 3. The van der Waals surface area contributed by atoms with Crippen LogP contribution in [0.2, 0.25) is 0 Å². The number of nitrogens with one attached hydrogen (secondary N) is 2. The molecule has 1 amide bonds. The number of H-pyrrole nitrogens is 1. The van der Waals surface area contributed by atoms with E-state index in [2.05, 4.69) is 32.3 Å². The number of amides is 1. The summed E-state index contributed by atoms with van der Waals surface area (Å²) in [5.74, 6) is 4.56. The highest BCUT2D eigenvalue weighted by atomic mass is 19.1. The molecule has 0 saturated carbocycles. The van der Waals surface area contributed by atoms with Crippen LogP contribution in [0.4, 0.5) is 4.39 Å². The molecule has 0 fully saturated rings. The van der Waals surface area contributed by atoms with Gasteiger partial charge in [0.05, 0.1) is 5.56 Å². The molecular formula is C14H13FN4O2. The number of aliphatic hydroxyl groups is 1. The Morgan fingerprint density at radius 1 is 1.48 bits per heavy atom. The van der Waals surface area contributed by atoms with Crippen molar-refractivity contribution in [3.05, 3.63) is 47.3 Å². The molecule has 0 radical (unpaired) electrons. The minimum atomic E-state index is -0.623. The van der Waals surface area contributed by atoms with Gasteiger partial charge in [-0.15, -0.1) is 0 Å². The molecule has 0 aliphatic heterocycles. The Morgan fingerprint density at radius 3 is 3.05 bits per heavy atom. The van der Waals surface area contributed by atoms with E-state index in [1.165, 1.54) is 24.5 Å². The van der Waals surface area contributed by atoms with Crippen LogP contribution in [0.15, 0.2) is 24.5 Å². The summed E-state index contributed by atoms with van der Waals surface area (Å²) < 4.78 is 13.7. The number of hydrogen-bond acceptors (Lipinski definition) is 4. The molecular weight excluding hydrogens is 275 g/mol. The Labute approximate surface area is 120 Å². The van der Waals surface area contributed by atoms with Gasteiger partial charge in [-0.1, -0.05) is 11.8 Å². The van der Waals surface area contributed by atoms with Crippen molar-refractivity contribution in [1.29, 1.82) is 0 Å². The maximum atomic E-state index is 13.7. The van der Waals surface area contributed by atoms with Gasteiger partial charge in [0.25, 0.3) is 5.91 Å². The summed E-state index contributed by atoms with van der Waals surface area (Å²) in [4.78, 5) is 15.8. The number of carbonyl (C=O) groups is 1. The van der Waals surface area contributed by atoms with Crippen LogP contribution in [0.25, 0.3) is 0 Å². The van der Waals surface area contributed by atoms with Crippen LogP contribution in [0.1, 0.15) is 21.7 Å². The lowest BCUT2D eigenvalue weighted by molar-refractivity contribution is 0.0950. The van der Waals surface area contributed by atoms with Crippen molar-refractivity contribution in [2.75, 3.05) is 13.2 Å². The van der Waals surface area contributed by atoms with E-state index >= 15 is 0 Å². The predicted molar refractivity (Wildman–Crippen MR) is 72.8 cm³/mol. The number of nitrogens with zero attached hydrogens (tertiary/aromatic N) is 2. The molecule has 0 aliphatic rings. The molecule has 0 spiro atoms. The number of rotatable bonds is 4. The number of aliphatic hydroxyl groups excluding tert-OH is 1. The molecule has 6 nitrogen and oxygen atoms in total. The van der Waals surface area contributed by atoms with Gasteiger partial charge in [0.15, 0.2) is 0 Å². The van der Waals surface area contributed by atoms with E-state index in [1.807, 2.05) is 0 Å². The Morgan fingerprint density at radius 2 is 2.33 bits per heavy atom. The first-order valence-electron chi connectivity index (χ1n) is 6.22. The second-order valence-corrected chi connectivity index (χ2v) is 4.09. The Hall–Kier alpha value is -2.72. The number of hydrogen-bond donors (Lipinski definition) is 3. The fourth-order valence-electron chi connectivity index (χ4n) is 1.66. The molecule has 0 atom stereocenters. The molecule has 1 aromatic heterocycles. The molecule has 0 unspecified atom stereocenters. The van der Waals surface area contributed by atoms with Crippen molar-refractivity contribution in [2.24, 2.45) is 0 Å². The third kappa shape index (κ3) is 4.12. The van der Waals surface area contributed by atoms with E-state index in [4.69, 9.17) is 5.11 Å². The first kappa shape index (κ1) is 14.7. The SMILES string of the molecule is O=C(NCCc1ncn[nH]1)c1cc(C#CCO)ccc1F. The summed E-state index contributed by atoms with van der Waals surface area (Å²) in [6.45, 7) is 0.0100. The van der Waals surface area contributed by atoms with Gasteiger partial charge in [-0.3, -0.25) is 9.89 Å². The summed E-state index contributed by atoms with van der Waals surface area (Å²) in [6, 6.07) is 3.97. The first-order chi connectivity index (χ1) is 10.2. The van der Waals surface area contributed by atoms with Gasteiger partial charge in [-0.25, -0.2) is 9.37 Å². The Balaban J connectivity index is 2.00. The Bertz CT molecular complexity index is 674. The highest BCUT2D eigenvalue weighted by molar-refractivity contribution is 5.94. The number of carbonyl (C=O) groups excluding carboxylic acids is 1. The summed E-state index contributed by atoms with van der Waals surface area (Å²) >= 11 is 0.